The molecule has 1 amide bonds. The number of amides is 1. The fourth-order valence-corrected chi connectivity index (χ4v) is 2.43. The maximum atomic E-state index is 12.8. The second-order valence-corrected chi connectivity index (χ2v) is 5.73. The van der Waals surface area contributed by atoms with Gasteiger partial charge in [-0.3, -0.25) is 4.79 Å². The zero-order valence-electron chi connectivity index (χ0n) is 12.7. The lowest BCUT2D eigenvalue weighted by atomic mass is 10.3. The molecule has 0 saturated carbocycles. The van der Waals surface area contributed by atoms with Crippen LogP contribution in [0.1, 0.15) is 6.42 Å². The lowest BCUT2D eigenvalue weighted by Gasteiger charge is -2.17. The number of likely N-dealkylation sites (tertiary alicyclic amines) is 1. The van der Waals surface area contributed by atoms with Gasteiger partial charge >= 0.3 is 6.01 Å². The minimum Gasteiger partial charge on any atom is -0.484 e. The number of ether oxygens (including phenoxy) is 2. The number of rotatable bonds is 5. The van der Waals surface area contributed by atoms with Crippen molar-refractivity contribution in [2.24, 2.45) is 0 Å². The van der Waals surface area contributed by atoms with E-state index < -0.39 is 0 Å². The Bertz CT molecular complexity index is 697. The summed E-state index contributed by atoms with van der Waals surface area (Å²) in [5.74, 6) is -0.0496. The zero-order chi connectivity index (χ0) is 16.9. The molecule has 0 aliphatic carbocycles. The first-order valence-electron chi connectivity index (χ1n) is 7.40. The van der Waals surface area contributed by atoms with Gasteiger partial charge in [0.2, 0.25) is 0 Å². The first kappa shape index (κ1) is 16.4. The van der Waals surface area contributed by atoms with Crippen LogP contribution >= 0.6 is 11.6 Å². The average molecular weight is 352 g/mol. The highest BCUT2D eigenvalue weighted by Gasteiger charge is 2.28. The van der Waals surface area contributed by atoms with Crippen LogP contribution in [-0.4, -0.2) is 46.6 Å². The summed E-state index contributed by atoms with van der Waals surface area (Å²) in [7, 11) is 0. The summed E-state index contributed by atoms with van der Waals surface area (Å²) in [6, 6.07) is 5.77. The number of nitrogens with zero attached hydrogens (tertiary/aromatic N) is 3. The smallest absolute Gasteiger partial charge is 0.316 e. The van der Waals surface area contributed by atoms with Crippen LogP contribution in [-0.2, 0) is 4.79 Å². The topological polar surface area (TPSA) is 64.5 Å². The summed E-state index contributed by atoms with van der Waals surface area (Å²) in [5, 5.41) is 0.434. The largest absolute Gasteiger partial charge is 0.484 e. The van der Waals surface area contributed by atoms with Crippen molar-refractivity contribution < 1.29 is 18.7 Å². The van der Waals surface area contributed by atoms with Crippen molar-refractivity contribution in [3.63, 3.8) is 0 Å². The SMILES string of the molecule is O=C(COc1ccc(F)cc1)N1CC[C@H](Oc2ncc(Cl)cn2)C1. The molecular formula is C16H15ClFN3O3. The summed E-state index contributed by atoms with van der Waals surface area (Å²) >= 11 is 5.72. The van der Waals surface area contributed by atoms with Gasteiger partial charge in [0.25, 0.3) is 5.91 Å². The van der Waals surface area contributed by atoms with Gasteiger partial charge in [0.15, 0.2) is 6.61 Å². The minimum atomic E-state index is -0.349. The average Bonchev–Trinajstić information content (AvgIpc) is 3.05. The maximum absolute atomic E-state index is 12.8. The van der Waals surface area contributed by atoms with Crippen molar-refractivity contribution in [1.82, 2.24) is 14.9 Å². The monoisotopic (exact) mass is 351 g/mol. The second kappa shape index (κ2) is 7.44. The van der Waals surface area contributed by atoms with Gasteiger partial charge in [-0.1, -0.05) is 11.6 Å². The van der Waals surface area contributed by atoms with Gasteiger partial charge in [0.05, 0.1) is 24.0 Å². The van der Waals surface area contributed by atoms with E-state index >= 15 is 0 Å². The molecule has 126 valence electrons. The first-order chi connectivity index (χ1) is 11.6. The number of hydrogen-bond acceptors (Lipinski definition) is 5. The Morgan fingerprint density at radius 3 is 2.71 bits per heavy atom. The Labute approximate surface area is 143 Å². The van der Waals surface area contributed by atoms with Crippen molar-refractivity contribution in [1.29, 1.82) is 0 Å². The number of hydrogen-bond donors (Lipinski definition) is 0. The highest BCUT2D eigenvalue weighted by Crippen LogP contribution is 2.17. The fourth-order valence-electron chi connectivity index (χ4n) is 2.33. The Balaban J connectivity index is 1.46. The highest BCUT2D eigenvalue weighted by molar-refractivity contribution is 6.30. The molecule has 2 heterocycles. The first-order valence-corrected chi connectivity index (χ1v) is 7.78. The van der Waals surface area contributed by atoms with Crippen LogP contribution in [0.25, 0.3) is 0 Å². The molecular weight excluding hydrogens is 337 g/mol. The number of halogens is 2. The molecule has 2 aromatic rings. The molecule has 0 N–H and O–H groups in total. The van der Waals surface area contributed by atoms with E-state index in [1.54, 1.807) is 4.90 Å². The molecule has 1 atom stereocenters. The van der Waals surface area contributed by atoms with Crippen LogP contribution in [0.15, 0.2) is 36.7 Å². The molecule has 1 aliphatic rings. The van der Waals surface area contributed by atoms with Crippen LogP contribution in [0, 0.1) is 5.82 Å². The molecule has 1 aromatic heterocycles. The number of benzene rings is 1. The van der Waals surface area contributed by atoms with Crippen LogP contribution in [0.3, 0.4) is 0 Å². The van der Waals surface area contributed by atoms with Crippen LogP contribution < -0.4 is 9.47 Å². The van der Waals surface area contributed by atoms with E-state index in [-0.39, 0.29) is 30.4 Å². The van der Waals surface area contributed by atoms with Crippen molar-refractivity contribution in [2.75, 3.05) is 19.7 Å². The van der Waals surface area contributed by atoms with E-state index in [1.165, 1.54) is 36.7 Å². The minimum absolute atomic E-state index is 0.101. The Kier molecular flexibility index (Phi) is 5.10. The third kappa shape index (κ3) is 4.32. The van der Waals surface area contributed by atoms with Gasteiger partial charge in [0, 0.05) is 13.0 Å². The van der Waals surface area contributed by atoms with Crippen LogP contribution in [0.2, 0.25) is 5.02 Å². The van der Waals surface area contributed by atoms with Gasteiger partial charge in [-0.2, -0.15) is 0 Å². The molecule has 1 saturated heterocycles. The summed E-state index contributed by atoms with van der Waals surface area (Å²) in [6.45, 7) is 0.914. The van der Waals surface area contributed by atoms with Crippen molar-refractivity contribution in [3.8, 4) is 11.8 Å². The van der Waals surface area contributed by atoms with Crippen LogP contribution in [0.4, 0.5) is 4.39 Å². The van der Waals surface area contributed by atoms with Gasteiger partial charge in [-0.05, 0) is 24.3 Å². The van der Waals surface area contributed by atoms with Crippen molar-refractivity contribution in [2.45, 2.75) is 12.5 Å². The standard InChI is InChI=1S/C16H15ClFN3O3/c17-11-7-19-16(20-8-11)24-14-5-6-21(9-14)15(22)10-23-13-3-1-12(18)2-4-13/h1-4,7-8,14H,5-6,9-10H2/t14-/m0/s1. The van der Waals surface area contributed by atoms with Crippen molar-refractivity contribution >= 4 is 17.5 Å². The van der Waals surface area contributed by atoms with Gasteiger partial charge in [-0.25, -0.2) is 14.4 Å². The number of aromatic nitrogens is 2. The third-order valence-corrected chi connectivity index (χ3v) is 3.74. The zero-order valence-corrected chi connectivity index (χ0v) is 13.4. The molecule has 1 aromatic carbocycles. The summed E-state index contributed by atoms with van der Waals surface area (Å²) in [5.41, 5.74) is 0. The summed E-state index contributed by atoms with van der Waals surface area (Å²) < 4.78 is 23.8. The van der Waals surface area contributed by atoms with Gasteiger partial charge < -0.3 is 14.4 Å². The molecule has 0 spiro atoms. The van der Waals surface area contributed by atoms with E-state index in [2.05, 4.69) is 9.97 Å². The quantitative estimate of drug-likeness (QED) is 0.827. The number of carbonyl (C=O) groups excluding carboxylic acids is 1. The van der Waals surface area contributed by atoms with E-state index in [0.29, 0.717) is 30.3 Å². The summed E-state index contributed by atoms with van der Waals surface area (Å²) in [4.78, 5) is 21.7. The molecule has 6 nitrogen and oxygen atoms in total. The van der Waals surface area contributed by atoms with E-state index in [1.807, 2.05) is 0 Å². The normalized spacial score (nSPS) is 16.9. The molecule has 0 bridgehead atoms. The molecule has 3 rings (SSSR count). The van der Waals surface area contributed by atoms with Gasteiger partial charge in [-0.15, -0.1) is 0 Å². The predicted molar refractivity (Wildman–Crippen MR) is 84.6 cm³/mol. The van der Waals surface area contributed by atoms with Crippen LogP contribution in [0.5, 0.6) is 11.8 Å². The van der Waals surface area contributed by atoms with E-state index in [4.69, 9.17) is 21.1 Å². The lowest BCUT2D eigenvalue weighted by Crippen LogP contribution is -2.34. The molecule has 8 heteroatoms. The second-order valence-electron chi connectivity index (χ2n) is 5.29. The molecule has 24 heavy (non-hydrogen) atoms. The van der Waals surface area contributed by atoms with E-state index in [9.17, 15) is 9.18 Å². The number of carbonyl (C=O) groups is 1. The molecule has 1 aliphatic heterocycles. The van der Waals surface area contributed by atoms with Crippen molar-refractivity contribution in [3.05, 3.63) is 47.5 Å². The van der Waals surface area contributed by atoms with E-state index in [0.717, 1.165) is 0 Å². The Morgan fingerprint density at radius 1 is 1.29 bits per heavy atom. The Hall–Kier alpha value is -2.41. The third-order valence-electron chi connectivity index (χ3n) is 3.54. The lowest BCUT2D eigenvalue weighted by molar-refractivity contribution is -0.132. The maximum Gasteiger partial charge on any atom is 0.316 e. The molecule has 0 radical (unpaired) electrons. The predicted octanol–water partition coefficient (Wildman–Crippen LogP) is 2.33. The Morgan fingerprint density at radius 2 is 2.00 bits per heavy atom. The molecule has 0 unspecified atom stereocenters. The highest BCUT2D eigenvalue weighted by atomic mass is 35.5. The summed E-state index contributed by atoms with van der Waals surface area (Å²) in [6.07, 6.45) is 3.44. The molecule has 1 fully saturated rings. The van der Waals surface area contributed by atoms with Gasteiger partial charge in [0.1, 0.15) is 17.7 Å². The fraction of sp³-hybridized carbons (Fsp3) is 0.312.